The largest absolute Gasteiger partial charge is 0.394 e. The highest BCUT2D eigenvalue weighted by molar-refractivity contribution is 9.10. The van der Waals surface area contributed by atoms with Crippen molar-refractivity contribution in [3.8, 4) is 0 Å². The van der Waals surface area contributed by atoms with Gasteiger partial charge >= 0.3 is 0 Å². The van der Waals surface area contributed by atoms with Crippen LogP contribution in [-0.2, 0) is 36.4 Å². The molecular weight excluding hydrogens is 868 g/mol. The summed E-state index contributed by atoms with van der Waals surface area (Å²) in [4.78, 5) is 33.6. The van der Waals surface area contributed by atoms with Gasteiger partial charge in [-0.25, -0.2) is 27.5 Å². The molecule has 0 bridgehead atoms. The van der Waals surface area contributed by atoms with Crippen molar-refractivity contribution < 1.29 is 46.8 Å². The first-order valence-corrected chi connectivity index (χ1v) is 18.8. The highest BCUT2D eigenvalue weighted by Gasteiger charge is 2.26. The summed E-state index contributed by atoms with van der Waals surface area (Å²) in [5.41, 5.74) is 1.11. The van der Waals surface area contributed by atoms with Crippen LogP contribution in [-0.4, -0.2) is 79.5 Å². The van der Waals surface area contributed by atoms with E-state index in [1.165, 1.54) is 30.9 Å². The van der Waals surface area contributed by atoms with E-state index in [1.807, 2.05) is 0 Å². The number of benzene rings is 4. The Bertz CT molecular complexity index is 2420. The van der Waals surface area contributed by atoms with Crippen molar-refractivity contribution in [2.75, 3.05) is 33.0 Å². The minimum Gasteiger partial charge on any atom is -0.394 e. The van der Waals surface area contributed by atoms with Crippen molar-refractivity contribution >= 4 is 65.5 Å². The fraction of sp³-hybridized carbons (Fsp3) is 0.300. The van der Waals surface area contributed by atoms with Crippen LogP contribution >= 0.6 is 31.9 Å². The van der Waals surface area contributed by atoms with E-state index in [1.54, 1.807) is 67.4 Å². The summed E-state index contributed by atoms with van der Waals surface area (Å²) >= 11 is 6.38. The Morgan fingerprint density at radius 3 is 1.59 bits per heavy atom. The van der Waals surface area contributed by atoms with Crippen LogP contribution in [0.3, 0.4) is 0 Å². The number of aromatic nitrogens is 4. The average molecular weight is 907 g/mol. The fourth-order valence-electron chi connectivity index (χ4n) is 5.77. The van der Waals surface area contributed by atoms with Gasteiger partial charge in [0.2, 0.25) is 0 Å². The number of Topliss-reactive ketones (excluding diaryl/α,β-unsaturated/α-hetero) is 2. The first-order valence-electron chi connectivity index (χ1n) is 17.2. The molecule has 2 aromatic heterocycles. The van der Waals surface area contributed by atoms with Gasteiger partial charge in [-0.05, 0) is 61.4 Å². The third-order valence-corrected chi connectivity index (χ3v) is 9.92. The van der Waals surface area contributed by atoms with Crippen LogP contribution in [0.25, 0.3) is 22.1 Å². The number of ketones is 2. The summed E-state index contributed by atoms with van der Waals surface area (Å²) in [6.45, 7) is 2.14. The number of ether oxygens (including phenoxy) is 2. The topological polar surface area (TPSA) is 129 Å². The number of carbonyl (C=O) groups is 2. The van der Waals surface area contributed by atoms with Gasteiger partial charge in [0.1, 0.15) is 35.9 Å². The number of rotatable bonds is 14. The predicted octanol–water partition coefficient (Wildman–Crippen LogP) is 7.57. The minimum atomic E-state index is -0.914. The van der Waals surface area contributed by atoms with Gasteiger partial charge in [-0.2, -0.15) is 0 Å². The Kier molecular flexibility index (Phi) is 14.0. The number of imidazole rings is 2. The number of fused-ring (bicyclic) bond motifs is 2. The number of halogens is 6. The van der Waals surface area contributed by atoms with E-state index in [9.17, 15) is 23.5 Å². The van der Waals surface area contributed by atoms with Crippen molar-refractivity contribution in [2.45, 2.75) is 32.3 Å². The molecule has 0 saturated heterocycles. The summed E-state index contributed by atoms with van der Waals surface area (Å²) in [5.74, 6) is -3.22. The van der Waals surface area contributed by atoms with E-state index in [-0.39, 0.29) is 90.3 Å². The zero-order valence-corrected chi connectivity index (χ0v) is 34.0. The zero-order chi connectivity index (χ0) is 40.9. The van der Waals surface area contributed by atoms with Crippen LogP contribution < -0.4 is 0 Å². The molecule has 0 amide bonds. The molecule has 0 saturated carbocycles. The van der Waals surface area contributed by atoms with Crippen molar-refractivity contribution in [1.82, 2.24) is 19.1 Å². The lowest BCUT2D eigenvalue weighted by Gasteiger charge is -2.22. The molecule has 2 heterocycles. The molecule has 4 aromatic carbocycles. The molecule has 0 spiro atoms. The molecule has 6 rings (SSSR count). The van der Waals surface area contributed by atoms with E-state index in [0.29, 0.717) is 20.0 Å². The van der Waals surface area contributed by atoms with Crippen molar-refractivity contribution in [3.05, 3.63) is 127 Å². The quantitative estimate of drug-likeness (QED) is 0.0652. The molecule has 296 valence electrons. The predicted molar refractivity (Wildman–Crippen MR) is 209 cm³/mol. The van der Waals surface area contributed by atoms with Gasteiger partial charge in [0.25, 0.3) is 0 Å². The maximum atomic E-state index is 15.3. The minimum absolute atomic E-state index is 0.00114. The highest BCUT2D eigenvalue weighted by atomic mass is 79.9. The van der Waals surface area contributed by atoms with Crippen molar-refractivity contribution in [1.29, 1.82) is 0 Å². The van der Waals surface area contributed by atoms with Gasteiger partial charge in [0, 0.05) is 58.1 Å². The Balaban J connectivity index is 0.000000215. The molecule has 16 heteroatoms. The van der Waals surface area contributed by atoms with Crippen molar-refractivity contribution in [2.24, 2.45) is 14.1 Å². The molecule has 0 aliphatic carbocycles. The van der Waals surface area contributed by atoms with Crippen LogP contribution in [0.2, 0.25) is 0 Å². The number of aryl methyl sites for hydroxylation is 2. The molecule has 6 aromatic rings. The van der Waals surface area contributed by atoms with Crippen molar-refractivity contribution in [3.63, 3.8) is 0 Å². The highest BCUT2D eigenvalue weighted by Crippen LogP contribution is 2.30. The van der Waals surface area contributed by atoms with Gasteiger partial charge in [0.05, 0.1) is 49.1 Å². The first-order chi connectivity index (χ1) is 26.5. The summed E-state index contributed by atoms with van der Waals surface area (Å²) in [5, 5.41) is 18.1. The van der Waals surface area contributed by atoms with E-state index in [4.69, 9.17) is 14.6 Å². The van der Waals surface area contributed by atoms with E-state index in [2.05, 4.69) is 41.8 Å². The maximum Gasteiger partial charge on any atom is 0.188 e. The fourth-order valence-corrected chi connectivity index (χ4v) is 6.44. The molecule has 2 N–H and O–H groups in total. The normalized spacial score (nSPS) is 11.6. The van der Waals surface area contributed by atoms with Gasteiger partial charge in [-0.1, -0.05) is 44.0 Å². The maximum absolute atomic E-state index is 15.3. The van der Waals surface area contributed by atoms with Crippen LogP contribution in [0, 0.1) is 23.3 Å². The van der Waals surface area contributed by atoms with Gasteiger partial charge < -0.3 is 28.8 Å². The monoisotopic (exact) mass is 904 g/mol. The second-order valence-electron chi connectivity index (χ2n) is 13.5. The zero-order valence-electron chi connectivity index (χ0n) is 30.8. The van der Waals surface area contributed by atoms with Crippen LogP contribution in [0.5, 0.6) is 0 Å². The average Bonchev–Trinajstić information content (AvgIpc) is 3.73. The Morgan fingerprint density at radius 1 is 0.732 bits per heavy atom. The number of aliphatic hydroxyl groups excluding tert-OH is 2. The molecule has 0 radical (unpaired) electrons. The third kappa shape index (κ3) is 9.79. The van der Waals surface area contributed by atoms with E-state index < -0.39 is 40.4 Å². The first kappa shape index (κ1) is 42.8. The molecular formula is C40H38Br2F4N4O6. The molecule has 0 aliphatic heterocycles. The lowest BCUT2D eigenvalue weighted by atomic mass is 9.95. The Labute approximate surface area is 336 Å². The molecule has 10 nitrogen and oxygen atoms in total. The summed E-state index contributed by atoms with van der Waals surface area (Å²) in [7, 11) is 3.39. The smallest absolute Gasteiger partial charge is 0.188 e. The standard InChI is InChI=1S/C21H21BrF2N2O3.C19H17BrF2N2O3/c1-21(2,10-27)29-9-18(28)14-8-17-20(25-11-26(17)3)19(24)15(14)6-12-4-5-13(22)7-16(12)23;1-24-10-23-19-16(24)8-13(17(26)9-27-5-4-25)14(18(19)22)6-11-2-3-12(20)7-15(11)21/h4-5,7-8,11,27H,6,9-10H2,1-3H3;2-3,7-8,10,25H,4-6,9H2,1H3. The van der Waals surface area contributed by atoms with Crippen LogP contribution in [0.15, 0.2) is 70.1 Å². The molecule has 0 aliphatic rings. The number of hydrogen-bond donors (Lipinski definition) is 2. The third-order valence-electron chi connectivity index (χ3n) is 8.93. The molecule has 56 heavy (non-hydrogen) atoms. The number of carbonyl (C=O) groups excluding carboxylic acids is 2. The summed E-state index contributed by atoms with van der Waals surface area (Å²) < 4.78 is 74.0. The lowest BCUT2D eigenvalue weighted by Crippen LogP contribution is -2.31. The Hall–Kier alpha value is -4.32. The number of hydrogen-bond acceptors (Lipinski definition) is 8. The summed E-state index contributed by atoms with van der Waals surface area (Å²) in [6, 6.07) is 12.1. The number of nitrogens with zero attached hydrogens (tertiary/aromatic N) is 4. The van der Waals surface area contributed by atoms with Gasteiger partial charge in [-0.3, -0.25) is 9.59 Å². The van der Waals surface area contributed by atoms with Crippen LogP contribution in [0.1, 0.15) is 56.8 Å². The van der Waals surface area contributed by atoms with E-state index in [0.717, 1.165) is 0 Å². The molecule has 0 unspecified atom stereocenters. The van der Waals surface area contributed by atoms with Crippen LogP contribution in [0.4, 0.5) is 17.6 Å². The lowest BCUT2D eigenvalue weighted by molar-refractivity contribution is -0.0447. The second kappa shape index (κ2) is 18.3. The van der Waals surface area contributed by atoms with Gasteiger partial charge in [0.15, 0.2) is 23.2 Å². The molecule has 0 fully saturated rings. The van der Waals surface area contributed by atoms with E-state index >= 15 is 8.78 Å². The van der Waals surface area contributed by atoms with Gasteiger partial charge in [-0.15, -0.1) is 0 Å². The second-order valence-corrected chi connectivity index (χ2v) is 15.4. The summed E-state index contributed by atoms with van der Waals surface area (Å²) in [6.07, 6.45) is 2.70. The molecule has 0 atom stereocenters. The Morgan fingerprint density at radius 2 is 1.18 bits per heavy atom. The SMILES string of the molecule is Cn1cnc2c(F)c(Cc3ccc(Br)cc3F)c(C(=O)COC(C)(C)CO)cc21.Cn1cnc2c(F)c(Cc3ccc(Br)cc3F)c(C(=O)COCCO)cc21. The number of aliphatic hydroxyl groups is 2.